The van der Waals surface area contributed by atoms with Crippen molar-refractivity contribution in [3.8, 4) is 39.0 Å². The van der Waals surface area contributed by atoms with Crippen LogP contribution in [0.5, 0.6) is 0 Å². The number of thiophene rings is 6. The molecule has 68 heavy (non-hydrogen) atoms. The average molecular weight is 1030 g/mol. The van der Waals surface area contributed by atoms with E-state index < -0.39 is 0 Å². The molecule has 0 fully saturated rings. The molecule has 0 N–H and O–H groups in total. The van der Waals surface area contributed by atoms with E-state index in [1.807, 2.05) is 45.3 Å². The number of hydrogen-bond donors (Lipinski definition) is 0. The molecule has 0 aliphatic heterocycles. The maximum Gasteiger partial charge on any atom is 0.0499 e. The molecular weight excluding hydrogens is 937 g/mol. The first-order valence-electron chi connectivity index (χ1n) is 28.6. The van der Waals surface area contributed by atoms with Gasteiger partial charge in [-0.3, -0.25) is 0 Å². The minimum atomic E-state index is 1.21. The molecule has 6 heteroatoms. The Balaban J connectivity index is 0.993. The summed E-state index contributed by atoms with van der Waals surface area (Å²) in [6.07, 6.45) is 53.9. The van der Waals surface area contributed by atoms with Crippen molar-refractivity contribution in [3.63, 3.8) is 0 Å². The predicted molar refractivity (Wildman–Crippen MR) is 318 cm³/mol. The Morgan fingerprint density at radius 2 is 0.529 bits per heavy atom. The van der Waals surface area contributed by atoms with Gasteiger partial charge in [0.1, 0.15) is 0 Å². The van der Waals surface area contributed by atoms with Crippen molar-refractivity contribution in [1.29, 1.82) is 0 Å². The molecule has 0 aliphatic rings. The van der Waals surface area contributed by atoms with Crippen molar-refractivity contribution in [2.24, 2.45) is 0 Å². The number of unbranched alkanes of at least 4 members (excludes halogenated alkanes) is 34. The third-order valence-corrected chi connectivity index (χ3v) is 21.8. The Bertz CT molecular complexity index is 1950. The molecule has 0 bridgehead atoms. The largest absolute Gasteiger partial charge is 0.143 e. The molecule has 6 rings (SSSR count). The summed E-state index contributed by atoms with van der Waals surface area (Å²) in [5.41, 5.74) is 3.32. The van der Waals surface area contributed by atoms with Gasteiger partial charge in [0, 0.05) is 48.4 Å². The summed E-state index contributed by atoms with van der Waals surface area (Å²) in [7, 11) is 0. The second kappa shape index (κ2) is 34.8. The highest BCUT2D eigenvalue weighted by Gasteiger charge is 2.24. The summed E-state index contributed by atoms with van der Waals surface area (Å²) in [4.78, 5) is 11.8. The summed E-state index contributed by atoms with van der Waals surface area (Å²) in [5.74, 6) is 0. The van der Waals surface area contributed by atoms with Crippen LogP contribution in [0.3, 0.4) is 0 Å². The lowest BCUT2D eigenvalue weighted by atomic mass is 10.0. The predicted octanol–water partition coefficient (Wildman–Crippen LogP) is 25.0. The summed E-state index contributed by atoms with van der Waals surface area (Å²) in [6, 6.07) is 18.7. The van der Waals surface area contributed by atoms with Gasteiger partial charge in [0.25, 0.3) is 0 Å². The van der Waals surface area contributed by atoms with Crippen LogP contribution in [0.4, 0.5) is 0 Å². The fourth-order valence-electron chi connectivity index (χ4n) is 10.3. The number of hydrogen-bond acceptors (Lipinski definition) is 6. The molecule has 376 valence electrons. The van der Waals surface area contributed by atoms with Crippen LogP contribution in [0, 0.1) is 0 Å². The molecule has 0 unspecified atom stereocenters. The van der Waals surface area contributed by atoms with Crippen LogP contribution >= 0.6 is 68.0 Å². The molecule has 6 aromatic heterocycles. The normalized spacial score (nSPS) is 11.9. The van der Waals surface area contributed by atoms with Gasteiger partial charge in [-0.2, -0.15) is 0 Å². The molecular formula is C62H92S6. The highest BCUT2D eigenvalue weighted by atomic mass is 32.1. The second-order valence-electron chi connectivity index (χ2n) is 20.3. The van der Waals surface area contributed by atoms with E-state index in [1.54, 1.807) is 30.3 Å². The molecule has 0 aliphatic carbocycles. The molecule has 0 aromatic carbocycles. The minimum Gasteiger partial charge on any atom is -0.143 e. The highest BCUT2D eigenvalue weighted by Crippen LogP contribution is 2.53. The van der Waals surface area contributed by atoms with Crippen molar-refractivity contribution in [2.75, 3.05) is 0 Å². The van der Waals surface area contributed by atoms with Crippen LogP contribution in [0.15, 0.2) is 59.3 Å². The third kappa shape index (κ3) is 19.8. The van der Waals surface area contributed by atoms with Gasteiger partial charge in [0.05, 0.1) is 0 Å². The van der Waals surface area contributed by atoms with Crippen LogP contribution in [0.1, 0.15) is 256 Å². The Labute approximate surface area is 441 Å². The molecule has 0 saturated carbocycles. The van der Waals surface area contributed by atoms with E-state index in [9.17, 15) is 0 Å². The van der Waals surface area contributed by atoms with Crippen molar-refractivity contribution in [1.82, 2.24) is 0 Å². The maximum absolute atomic E-state index is 2.44. The highest BCUT2D eigenvalue weighted by molar-refractivity contribution is 7.35. The van der Waals surface area contributed by atoms with E-state index in [0.29, 0.717) is 0 Å². The van der Waals surface area contributed by atoms with Gasteiger partial charge in [0.15, 0.2) is 0 Å². The van der Waals surface area contributed by atoms with Gasteiger partial charge in [-0.05, 0) is 84.0 Å². The Morgan fingerprint density at radius 1 is 0.265 bits per heavy atom. The monoisotopic (exact) mass is 1030 g/mol. The molecule has 0 spiro atoms. The summed E-state index contributed by atoms with van der Waals surface area (Å²) in [5, 5.41) is 4.45. The fraction of sp³-hybridized carbons (Fsp3) is 0.645. The zero-order valence-electron chi connectivity index (χ0n) is 43.1. The van der Waals surface area contributed by atoms with Crippen LogP contribution in [-0.4, -0.2) is 0 Å². The first-order valence-corrected chi connectivity index (χ1v) is 33.6. The second-order valence-corrected chi connectivity index (χ2v) is 26.4. The zero-order valence-corrected chi connectivity index (χ0v) is 48.0. The van der Waals surface area contributed by atoms with Crippen molar-refractivity contribution >= 4 is 77.4 Å². The summed E-state index contributed by atoms with van der Waals surface area (Å²) < 4.78 is 3.23. The molecule has 0 radical (unpaired) electrons. The molecule has 0 nitrogen and oxygen atoms in total. The lowest BCUT2D eigenvalue weighted by molar-refractivity contribution is 0.525. The molecule has 0 amide bonds. The van der Waals surface area contributed by atoms with E-state index in [1.165, 1.54) is 273 Å². The smallest absolute Gasteiger partial charge is 0.0499 e. The van der Waals surface area contributed by atoms with Gasteiger partial charge in [-0.15, -0.1) is 68.0 Å². The summed E-state index contributed by atoms with van der Waals surface area (Å²) in [6.45, 7) is 4.63. The van der Waals surface area contributed by atoms with Gasteiger partial charge in [0.2, 0.25) is 0 Å². The molecule has 0 saturated heterocycles. The average Bonchev–Trinajstić information content (AvgIpc) is 4.22. The number of rotatable bonds is 42. The SMILES string of the molecule is CCCCCCCCCCCCCCCCCCCCc1c(-c2ccc(-c3cccs3)s2)sc2c(CCCCCCCCCCCCCCCCCCCC)c(-c3ccc(-c4cccs4)s3)sc12. The Morgan fingerprint density at radius 3 is 0.794 bits per heavy atom. The first-order chi connectivity index (χ1) is 33.8. The van der Waals surface area contributed by atoms with Crippen molar-refractivity contribution in [2.45, 2.75) is 258 Å². The van der Waals surface area contributed by atoms with Crippen LogP contribution in [-0.2, 0) is 12.8 Å². The molecule has 6 aromatic rings. The quantitative estimate of drug-likeness (QED) is 0.0335. The standard InChI is InChI=1S/C62H92S6/c1-3-5-7-9-11-13-15-17-19-21-23-25-27-29-31-33-35-37-41-51-59(57-47-45-55(65-57)53-43-39-49-63-53)67-62-52(60(68-61(51)62)58-48-46-56(66-58)54-44-40-50-64-54)42-38-36-34-32-30-28-26-24-22-20-18-16-14-12-10-8-6-4-2/h39-40,43-50H,3-38,41-42H2,1-2H3. The third-order valence-electron chi connectivity index (χ3n) is 14.5. The molecule has 6 heterocycles. The zero-order chi connectivity index (χ0) is 47.1. The topological polar surface area (TPSA) is 0 Å². The van der Waals surface area contributed by atoms with Crippen molar-refractivity contribution in [3.05, 3.63) is 70.4 Å². The van der Waals surface area contributed by atoms with E-state index >= 15 is 0 Å². The van der Waals surface area contributed by atoms with E-state index in [4.69, 9.17) is 0 Å². The Hall–Kier alpha value is -1.54. The maximum atomic E-state index is 2.44. The van der Waals surface area contributed by atoms with Crippen LogP contribution in [0.25, 0.3) is 48.4 Å². The fourth-order valence-corrected chi connectivity index (χ4v) is 17.3. The van der Waals surface area contributed by atoms with E-state index in [0.717, 1.165) is 0 Å². The van der Waals surface area contributed by atoms with Gasteiger partial charge >= 0.3 is 0 Å². The van der Waals surface area contributed by atoms with E-state index in [-0.39, 0.29) is 0 Å². The van der Waals surface area contributed by atoms with Gasteiger partial charge in [-0.1, -0.05) is 244 Å². The van der Waals surface area contributed by atoms with Gasteiger partial charge in [-0.25, -0.2) is 0 Å². The lowest BCUT2D eigenvalue weighted by Crippen LogP contribution is -1.87. The Kier molecular flexibility index (Phi) is 28.5. The number of fused-ring (bicyclic) bond motifs is 1. The van der Waals surface area contributed by atoms with Gasteiger partial charge < -0.3 is 0 Å². The number of aryl methyl sites for hydroxylation is 2. The molecule has 0 atom stereocenters. The lowest BCUT2D eigenvalue weighted by Gasteiger charge is -2.06. The van der Waals surface area contributed by atoms with Crippen LogP contribution in [0.2, 0.25) is 0 Å². The van der Waals surface area contributed by atoms with Crippen LogP contribution < -0.4 is 0 Å². The summed E-state index contributed by atoms with van der Waals surface area (Å²) >= 11 is 12.1. The first kappa shape index (κ1) is 55.8. The van der Waals surface area contributed by atoms with E-state index in [2.05, 4.69) is 95.8 Å². The minimum absolute atomic E-state index is 1.21. The van der Waals surface area contributed by atoms with Crippen molar-refractivity contribution < 1.29 is 0 Å².